The van der Waals surface area contributed by atoms with Gasteiger partial charge in [0.25, 0.3) is 0 Å². The van der Waals surface area contributed by atoms with Crippen molar-refractivity contribution >= 4 is 0 Å². The van der Waals surface area contributed by atoms with Gasteiger partial charge in [0.15, 0.2) is 0 Å². The lowest BCUT2D eigenvalue weighted by Crippen LogP contribution is -1.97. The average Bonchev–Trinajstić information content (AvgIpc) is 2.93. The van der Waals surface area contributed by atoms with Crippen LogP contribution in [0.4, 0.5) is 0 Å². The predicted octanol–water partition coefficient (Wildman–Crippen LogP) is 13.9. The van der Waals surface area contributed by atoms with Gasteiger partial charge in [0, 0.05) is 0 Å². The average molecular weight is 538 g/mol. The van der Waals surface area contributed by atoms with Crippen LogP contribution in [0.5, 0.6) is 0 Å². The van der Waals surface area contributed by atoms with E-state index in [0.29, 0.717) is 0 Å². The zero-order chi connectivity index (χ0) is 28.0. The van der Waals surface area contributed by atoms with Gasteiger partial charge >= 0.3 is 0 Å². The van der Waals surface area contributed by atoms with Gasteiger partial charge in [0.05, 0.1) is 0 Å². The summed E-state index contributed by atoms with van der Waals surface area (Å²) in [6.45, 7) is 7.75. The van der Waals surface area contributed by atoms with Gasteiger partial charge in [0.2, 0.25) is 0 Å². The second kappa shape index (κ2) is 41.4. The van der Waals surface area contributed by atoms with E-state index in [0.717, 1.165) is 6.54 Å². The first-order valence-corrected chi connectivity index (χ1v) is 18.5. The van der Waals surface area contributed by atoms with Crippen LogP contribution >= 0.6 is 0 Å². The molecule has 0 unspecified atom stereocenters. The van der Waals surface area contributed by atoms with E-state index in [9.17, 15) is 0 Å². The van der Waals surface area contributed by atoms with E-state index in [1.165, 1.54) is 212 Å². The number of hydrogen-bond acceptors (Lipinski definition) is 1. The van der Waals surface area contributed by atoms with Crippen molar-refractivity contribution in [3.63, 3.8) is 0 Å². The molecule has 0 atom stereocenters. The van der Waals surface area contributed by atoms with Gasteiger partial charge in [-0.3, -0.25) is 0 Å². The molecule has 0 aromatic rings. The van der Waals surface area contributed by atoms with E-state index in [1.54, 1.807) is 0 Å². The van der Waals surface area contributed by atoms with Gasteiger partial charge < -0.3 is 5.73 Å². The van der Waals surface area contributed by atoms with Crippen LogP contribution in [0.3, 0.4) is 0 Å². The molecule has 0 spiro atoms. The molecule has 1 heteroatoms. The van der Waals surface area contributed by atoms with Crippen molar-refractivity contribution in [2.24, 2.45) is 5.73 Å². The highest BCUT2D eigenvalue weighted by molar-refractivity contribution is 4.51. The monoisotopic (exact) mass is 538 g/mol. The maximum atomic E-state index is 5.48. The summed E-state index contributed by atoms with van der Waals surface area (Å²) in [5.74, 6) is 0. The Bertz CT molecular complexity index is 287. The first-order chi connectivity index (χ1) is 18.8. The molecule has 2 N–H and O–H groups in total. The van der Waals surface area contributed by atoms with Crippen molar-refractivity contribution < 1.29 is 0 Å². The van der Waals surface area contributed by atoms with E-state index in [1.807, 2.05) is 0 Å². The number of nitrogens with two attached hydrogens (primary N) is 1. The van der Waals surface area contributed by atoms with Crippen LogP contribution in [0.2, 0.25) is 0 Å². The Labute approximate surface area is 244 Å². The van der Waals surface area contributed by atoms with Crippen LogP contribution in [0.15, 0.2) is 0 Å². The van der Waals surface area contributed by atoms with Crippen molar-refractivity contribution in [1.29, 1.82) is 0 Å². The molecule has 0 amide bonds. The molecule has 0 heterocycles. The second-order valence-electron chi connectivity index (χ2n) is 12.4. The summed E-state index contributed by atoms with van der Waals surface area (Å²) in [5.41, 5.74) is 5.48. The number of rotatable bonds is 32. The lowest BCUT2D eigenvalue weighted by molar-refractivity contribution is 0.529. The summed E-state index contributed by atoms with van der Waals surface area (Å²) in [4.78, 5) is 0. The summed E-state index contributed by atoms with van der Waals surface area (Å²) in [6.07, 6.45) is 47.8. The van der Waals surface area contributed by atoms with Crippen LogP contribution in [0.25, 0.3) is 0 Å². The lowest BCUT2D eigenvalue weighted by Gasteiger charge is -2.03. The van der Waals surface area contributed by atoms with Gasteiger partial charge in [0.1, 0.15) is 0 Å². The summed E-state index contributed by atoms with van der Waals surface area (Å²) in [6, 6.07) is 0. The maximum Gasteiger partial charge on any atom is -0.00773 e. The van der Waals surface area contributed by atoms with Crippen LogP contribution < -0.4 is 5.73 Å². The molecule has 38 heavy (non-hydrogen) atoms. The highest BCUT2D eigenvalue weighted by Gasteiger charge is 1.95. The molecule has 0 saturated carbocycles. The Morgan fingerprint density at radius 1 is 0.211 bits per heavy atom. The van der Waals surface area contributed by atoms with Crippen molar-refractivity contribution in [2.75, 3.05) is 6.54 Å². The van der Waals surface area contributed by atoms with Gasteiger partial charge in [-0.15, -0.1) is 0 Å². The van der Waals surface area contributed by atoms with E-state index < -0.39 is 0 Å². The molecule has 0 aliphatic carbocycles. The molecule has 232 valence electrons. The Morgan fingerprint density at radius 2 is 0.342 bits per heavy atom. The summed E-state index contributed by atoms with van der Waals surface area (Å²) >= 11 is 0. The lowest BCUT2D eigenvalue weighted by atomic mass is 10.0. The molecule has 0 aliphatic heterocycles. The summed E-state index contributed by atoms with van der Waals surface area (Å²) < 4.78 is 0. The van der Waals surface area contributed by atoms with Gasteiger partial charge in [-0.1, -0.05) is 226 Å². The number of hydrogen-bond donors (Lipinski definition) is 1. The third kappa shape index (κ3) is 43.0. The number of unbranched alkanes of at least 4 members (excludes halogenated alkanes) is 31. The summed E-state index contributed by atoms with van der Waals surface area (Å²) in [5, 5.41) is 0. The SMILES string of the molecule is CCCCCCCCCCCCCCCCCCC.CCCCCCCCCCCCCCCCCCN. The van der Waals surface area contributed by atoms with E-state index >= 15 is 0 Å². The quantitative estimate of drug-likeness (QED) is 0.0848. The Kier molecular flexibility index (Phi) is 43.7. The molecule has 0 radical (unpaired) electrons. The predicted molar refractivity (Wildman–Crippen MR) is 178 cm³/mol. The fourth-order valence-electron chi connectivity index (χ4n) is 5.49. The third-order valence-electron chi connectivity index (χ3n) is 8.26. The highest BCUT2D eigenvalue weighted by atomic mass is 14.5. The summed E-state index contributed by atoms with van der Waals surface area (Å²) in [7, 11) is 0. The van der Waals surface area contributed by atoms with Gasteiger partial charge in [-0.25, -0.2) is 0 Å². The van der Waals surface area contributed by atoms with Crippen molar-refractivity contribution in [3.05, 3.63) is 0 Å². The molecule has 0 saturated heterocycles. The van der Waals surface area contributed by atoms with Crippen LogP contribution in [-0.2, 0) is 0 Å². The fraction of sp³-hybridized carbons (Fsp3) is 1.00. The first kappa shape index (κ1) is 40.1. The normalized spacial score (nSPS) is 11.1. The van der Waals surface area contributed by atoms with Crippen molar-refractivity contribution in [1.82, 2.24) is 0 Å². The zero-order valence-corrected chi connectivity index (χ0v) is 27.6. The minimum Gasteiger partial charge on any atom is -0.330 e. The largest absolute Gasteiger partial charge is 0.330 e. The Morgan fingerprint density at radius 3 is 0.474 bits per heavy atom. The molecule has 1 nitrogen and oxygen atoms in total. The fourth-order valence-corrected chi connectivity index (χ4v) is 5.49. The maximum absolute atomic E-state index is 5.48. The molecule has 0 aromatic heterocycles. The Balaban J connectivity index is 0. The molecule has 0 fully saturated rings. The smallest absolute Gasteiger partial charge is 0.00773 e. The minimum atomic E-state index is 0.873. The topological polar surface area (TPSA) is 26.0 Å². The molecular formula is C37H79N. The highest BCUT2D eigenvalue weighted by Crippen LogP contribution is 2.15. The van der Waals surface area contributed by atoms with Crippen LogP contribution in [-0.4, -0.2) is 6.54 Å². The Hall–Kier alpha value is -0.0400. The van der Waals surface area contributed by atoms with E-state index in [4.69, 9.17) is 5.73 Å². The zero-order valence-electron chi connectivity index (χ0n) is 27.6. The molecule has 0 rings (SSSR count). The van der Waals surface area contributed by atoms with Crippen molar-refractivity contribution in [2.45, 2.75) is 233 Å². The van der Waals surface area contributed by atoms with Crippen LogP contribution in [0.1, 0.15) is 233 Å². The molecular weight excluding hydrogens is 458 g/mol. The minimum absolute atomic E-state index is 0.873. The molecule has 0 aliphatic rings. The van der Waals surface area contributed by atoms with E-state index in [2.05, 4.69) is 20.8 Å². The van der Waals surface area contributed by atoms with E-state index in [-0.39, 0.29) is 0 Å². The molecule has 0 bridgehead atoms. The standard InChI is InChI=1S/C19H40.C18H39N/c1-3-5-7-9-11-13-15-17-19-18-16-14-12-10-8-6-4-2;1-2-3-4-5-6-7-8-9-10-11-12-13-14-15-16-17-18-19/h3-19H2,1-2H3;2-19H2,1H3. The second-order valence-corrected chi connectivity index (χ2v) is 12.4. The van der Waals surface area contributed by atoms with Gasteiger partial charge in [-0.05, 0) is 13.0 Å². The first-order valence-electron chi connectivity index (χ1n) is 18.5. The van der Waals surface area contributed by atoms with Crippen LogP contribution in [0, 0.1) is 0 Å². The molecule has 0 aromatic carbocycles. The third-order valence-corrected chi connectivity index (χ3v) is 8.26. The van der Waals surface area contributed by atoms with Crippen molar-refractivity contribution in [3.8, 4) is 0 Å². The van der Waals surface area contributed by atoms with Gasteiger partial charge in [-0.2, -0.15) is 0 Å².